The number of phenols is 2. The average molecular weight is 533 g/mol. The average Bonchev–Trinajstić information content (AvgIpc) is 2.83. The predicted octanol–water partition coefficient (Wildman–Crippen LogP) is 7.87. The van der Waals surface area contributed by atoms with Gasteiger partial charge < -0.3 is 19.7 Å². The van der Waals surface area contributed by atoms with E-state index in [1.807, 2.05) is 66.7 Å². The molecule has 1 heterocycles. The van der Waals surface area contributed by atoms with Gasteiger partial charge in [-0.3, -0.25) is 9.59 Å². The van der Waals surface area contributed by atoms with E-state index < -0.39 is 28.1 Å². The molecule has 0 bridgehead atoms. The van der Waals surface area contributed by atoms with Gasteiger partial charge in [-0.1, -0.05) is 46.6 Å². The molecule has 6 heteroatoms. The Morgan fingerprint density at radius 2 is 1.46 bits per heavy atom. The number of phenolic OH excluding ortho intramolecular Hbond substituents is 2. The van der Waals surface area contributed by atoms with E-state index in [1.165, 1.54) is 11.6 Å². The Morgan fingerprint density at radius 3 is 2.08 bits per heavy atom. The van der Waals surface area contributed by atoms with Crippen LogP contribution in [0.4, 0.5) is 0 Å². The Morgan fingerprint density at radius 1 is 0.846 bits per heavy atom. The number of fused-ring (bicyclic) bond motifs is 2. The van der Waals surface area contributed by atoms with Crippen LogP contribution >= 0.6 is 0 Å². The number of hydrogen-bond acceptors (Lipinski definition) is 6. The van der Waals surface area contributed by atoms with Gasteiger partial charge in [0.25, 0.3) is 0 Å². The van der Waals surface area contributed by atoms with E-state index in [-0.39, 0.29) is 47.3 Å². The predicted molar refractivity (Wildman–Crippen MR) is 157 cm³/mol. The molecule has 3 rings (SSSR count). The minimum absolute atomic E-state index is 0.0386. The molecule has 0 radical (unpaired) electrons. The van der Waals surface area contributed by atoms with Gasteiger partial charge in [-0.25, -0.2) is 0 Å². The van der Waals surface area contributed by atoms with Crippen molar-refractivity contribution in [3.63, 3.8) is 0 Å². The van der Waals surface area contributed by atoms with E-state index in [0.717, 1.165) is 35.6 Å². The molecule has 3 N–H and O–H groups in total. The van der Waals surface area contributed by atoms with Crippen molar-refractivity contribution in [2.24, 2.45) is 0 Å². The number of aromatic hydroxyl groups is 2. The van der Waals surface area contributed by atoms with Crippen LogP contribution in [0.15, 0.2) is 67.6 Å². The van der Waals surface area contributed by atoms with Crippen molar-refractivity contribution >= 4 is 22.8 Å². The van der Waals surface area contributed by atoms with Crippen LogP contribution in [-0.4, -0.2) is 21.1 Å². The van der Waals surface area contributed by atoms with Crippen LogP contribution < -0.4 is 5.43 Å². The van der Waals surface area contributed by atoms with Gasteiger partial charge in [-0.05, 0) is 80.6 Å². The highest BCUT2D eigenvalue weighted by Gasteiger charge is 2.47. The van der Waals surface area contributed by atoms with Gasteiger partial charge in [0.05, 0.1) is 11.0 Å². The molecule has 1 aliphatic carbocycles. The van der Waals surface area contributed by atoms with Gasteiger partial charge in [0.15, 0.2) is 5.76 Å². The fraction of sp³-hybridized carbons (Fsp3) is 0.394. The second-order valence-electron chi connectivity index (χ2n) is 11.3. The molecular weight excluding hydrogens is 492 g/mol. The van der Waals surface area contributed by atoms with Crippen molar-refractivity contribution in [1.82, 2.24) is 0 Å². The SMILES string of the molecule is CC(C)=CCC/C(C)=C\CC1(CC=C(C)C)C(=O)C(O)=Cc2oc3c(CC=C(C)C)c(O)cc(O)c3c(=O)c21. The normalized spacial score (nSPS) is 16.9. The number of ketones is 1. The van der Waals surface area contributed by atoms with Crippen LogP contribution in [0.25, 0.3) is 17.0 Å². The molecule has 1 aromatic carbocycles. The highest BCUT2D eigenvalue weighted by atomic mass is 16.3. The first kappa shape index (κ1) is 29.8. The minimum Gasteiger partial charge on any atom is -0.507 e. The second kappa shape index (κ2) is 11.9. The zero-order valence-corrected chi connectivity index (χ0v) is 24.1. The van der Waals surface area contributed by atoms with Crippen LogP contribution in [-0.2, 0) is 16.6 Å². The molecule has 0 amide bonds. The molecular formula is C33H40O6. The number of carbonyl (C=O) groups excluding carboxylic acids is 1. The van der Waals surface area contributed by atoms with Crippen molar-refractivity contribution in [2.75, 3.05) is 0 Å². The lowest BCUT2D eigenvalue weighted by molar-refractivity contribution is -0.123. The Balaban J connectivity index is 2.34. The van der Waals surface area contributed by atoms with E-state index in [4.69, 9.17) is 4.42 Å². The third-order valence-electron chi connectivity index (χ3n) is 7.13. The van der Waals surface area contributed by atoms with Crippen molar-refractivity contribution < 1.29 is 24.5 Å². The molecule has 0 saturated carbocycles. The van der Waals surface area contributed by atoms with E-state index >= 15 is 0 Å². The number of carbonyl (C=O) groups is 1. The van der Waals surface area contributed by atoms with Gasteiger partial charge >= 0.3 is 0 Å². The maximum absolute atomic E-state index is 14.2. The summed E-state index contributed by atoms with van der Waals surface area (Å²) in [4.78, 5) is 27.9. The third-order valence-corrected chi connectivity index (χ3v) is 7.13. The maximum Gasteiger partial charge on any atom is 0.208 e. The molecule has 1 unspecified atom stereocenters. The number of Topliss-reactive ketones (excluding diaryl/α,β-unsaturated/α-hetero) is 1. The van der Waals surface area contributed by atoms with E-state index in [9.17, 15) is 24.9 Å². The van der Waals surface area contributed by atoms with Crippen molar-refractivity contribution in [3.05, 3.63) is 85.5 Å². The minimum atomic E-state index is -1.41. The standard InChI is InChI=1S/C33H40O6/c1-19(2)9-8-10-22(7)14-16-33(15-13-21(5)6)29-27(18-26(36)32(33)38)39-31-23(12-11-20(3)4)24(34)17-25(35)28(31)30(29)37/h9,11,13-14,17-18,34-36H,8,10,12,15-16H2,1-7H3/b22-14-. The van der Waals surface area contributed by atoms with Crippen LogP contribution in [0.2, 0.25) is 0 Å². The van der Waals surface area contributed by atoms with Gasteiger partial charge in [0.1, 0.15) is 28.2 Å². The van der Waals surface area contributed by atoms with Gasteiger partial charge in [0.2, 0.25) is 11.2 Å². The Hall–Kier alpha value is -3.80. The van der Waals surface area contributed by atoms with Gasteiger partial charge in [-0.2, -0.15) is 0 Å². The van der Waals surface area contributed by atoms with Gasteiger partial charge in [0, 0.05) is 17.7 Å². The summed E-state index contributed by atoms with van der Waals surface area (Å²) in [5.41, 5.74) is 2.80. The number of rotatable bonds is 9. The van der Waals surface area contributed by atoms with Crippen LogP contribution in [0.1, 0.15) is 91.0 Å². The summed E-state index contributed by atoms with van der Waals surface area (Å²) in [6.07, 6.45) is 11.3. The summed E-state index contributed by atoms with van der Waals surface area (Å²) in [5, 5.41) is 32.1. The van der Waals surface area contributed by atoms with E-state index in [2.05, 4.69) is 6.08 Å². The van der Waals surface area contributed by atoms with Crippen molar-refractivity contribution in [1.29, 1.82) is 0 Å². The zero-order chi connectivity index (χ0) is 29.1. The molecule has 0 fully saturated rings. The molecule has 0 aliphatic heterocycles. The van der Waals surface area contributed by atoms with Crippen LogP contribution in [0.5, 0.6) is 11.5 Å². The molecule has 208 valence electrons. The summed E-state index contributed by atoms with van der Waals surface area (Å²) in [5.74, 6) is -1.61. The smallest absolute Gasteiger partial charge is 0.208 e. The molecule has 6 nitrogen and oxygen atoms in total. The van der Waals surface area contributed by atoms with Crippen molar-refractivity contribution in [3.8, 4) is 11.5 Å². The lowest BCUT2D eigenvalue weighted by atomic mass is 9.67. The first-order valence-electron chi connectivity index (χ1n) is 13.3. The molecule has 0 spiro atoms. The number of aliphatic hydroxyl groups is 1. The summed E-state index contributed by atoms with van der Waals surface area (Å²) < 4.78 is 6.18. The number of hydrogen-bond donors (Lipinski definition) is 3. The van der Waals surface area contributed by atoms with Crippen LogP contribution in [0.3, 0.4) is 0 Å². The quantitative estimate of drug-likeness (QED) is 0.284. The topological polar surface area (TPSA) is 108 Å². The van der Waals surface area contributed by atoms with E-state index in [1.54, 1.807) is 0 Å². The zero-order valence-electron chi connectivity index (χ0n) is 24.1. The number of aliphatic hydroxyl groups excluding tert-OH is 1. The summed E-state index contributed by atoms with van der Waals surface area (Å²) >= 11 is 0. The van der Waals surface area contributed by atoms with Crippen LogP contribution in [0, 0.1) is 0 Å². The fourth-order valence-electron chi connectivity index (χ4n) is 4.90. The first-order valence-corrected chi connectivity index (χ1v) is 13.3. The lowest BCUT2D eigenvalue weighted by Gasteiger charge is -2.34. The largest absolute Gasteiger partial charge is 0.507 e. The Bertz CT molecular complexity index is 1500. The highest BCUT2D eigenvalue weighted by molar-refractivity contribution is 6.08. The van der Waals surface area contributed by atoms with Crippen molar-refractivity contribution in [2.45, 2.75) is 86.0 Å². The van der Waals surface area contributed by atoms with E-state index in [0.29, 0.717) is 5.56 Å². The molecule has 39 heavy (non-hydrogen) atoms. The molecule has 2 aromatic rings. The fourth-order valence-corrected chi connectivity index (χ4v) is 4.90. The summed E-state index contributed by atoms with van der Waals surface area (Å²) in [6, 6.07) is 1.14. The molecule has 0 saturated heterocycles. The maximum atomic E-state index is 14.2. The highest BCUT2D eigenvalue weighted by Crippen LogP contribution is 2.44. The molecule has 1 aliphatic rings. The Labute approximate surface area is 230 Å². The second-order valence-corrected chi connectivity index (χ2v) is 11.3. The number of benzene rings is 1. The summed E-state index contributed by atoms with van der Waals surface area (Å²) in [7, 11) is 0. The molecule has 1 aromatic heterocycles. The number of allylic oxidation sites excluding steroid dienone is 9. The lowest BCUT2D eigenvalue weighted by Crippen LogP contribution is -2.43. The Kier molecular flexibility index (Phi) is 9.10. The first-order chi connectivity index (χ1) is 18.3. The molecule has 1 atom stereocenters. The van der Waals surface area contributed by atoms with Gasteiger partial charge in [-0.15, -0.1) is 0 Å². The summed E-state index contributed by atoms with van der Waals surface area (Å²) in [6.45, 7) is 13.7. The monoisotopic (exact) mass is 532 g/mol. The third kappa shape index (κ3) is 6.27.